The third kappa shape index (κ3) is 5.03. The Morgan fingerprint density at radius 3 is 2.62 bits per heavy atom. The normalized spacial score (nSPS) is 17.2. The number of amides is 2. The first-order chi connectivity index (χ1) is 16.5. The molecule has 1 aromatic carbocycles. The van der Waals surface area contributed by atoms with E-state index in [9.17, 15) is 9.59 Å². The molecule has 2 aromatic heterocycles. The van der Waals surface area contributed by atoms with Gasteiger partial charge in [-0.05, 0) is 63.0 Å². The van der Waals surface area contributed by atoms with Gasteiger partial charge >= 0.3 is 0 Å². The fourth-order valence-corrected chi connectivity index (χ4v) is 4.26. The number of benzene rings is 1. The number of H-pyrrole nitrogens is 1. The molecule has 2 unspecified atom stereocenters. The lowest BCUT2D eigenvalue weighted by atomic mass is 10.1. The van der Waals surface area contributed by atoms with Crippen molar-refractivity contribution < 1.29 is 14.0 Å². The topological polar surface area (TPSA) is 126 Å². The second-order valence-electron chi connectivity index (χ2n) is 9.42. The molecule has 178 valence electrons. The van der Waals surface area contributed by atoms with Gasteiger partial charge in [-0.1, -0.05) is 25.5 Å². The minimum Gasteiger partial charge on any atom is -0.431 e. The van der Waals surface area contributed by atoms with Crippen molar-refractivity contribution in [1.82, 2.24) is 30.8 Å². The minimum atomic E-state index is -0.259. The van der Waals surface area contributed by atoms with Crippen LogP contribution >= 0.6 is 0 Å². The van der Waals surface area contributed by atoms with Gasteiger partial charge in [-0.15, -0.1) is 0 Å². The summed E-state index contributed by atoms with van der Waals surface area (Å²) in [5, 5.41) is 13.0. The van der Waals surface area contributed by atoms with E-state index in [1.54, 1.807) is 0 Å². The molecule has 2 amide bonds. The summed E-state index contributed by atoms with van der Waals surface area (Å²) in [5.74, 6) is 1.77. The number of carbonyl (C=O) groups is 2. The number of aromatic nitrogens is 4. The average molecular weight is 463 g/mol. The first kappa shape index (κ1) is 22.3. The SMILES string of the molecule is CCCC(NC(=O)c1cnc(-c2cccc(-c3n[nH]c(C(=O)NC(C)C4CC4)n3)c2)o1)C1CC1. The predicted octanol–water partition coefficient (Wildman–Crippen LogP) is 3.96. The summed E-state index contributed by atoms with van der Waals surface area (Å²) in [6.07, 6.45) is 8.10. The summed E-state index contributed by atoms with van der Waals surface area (Å²) in [5.41, 5.74) is 1.41. The van der Waals surface area contributed by atoms with E-state index >= 15 is 0 Å². The number of hydrogen-bond donors (Lipinski definition) is 3. The lowest BCUT2D eigenvalue weighted by Crippen LogP contribution is -2.36. The van der Waals surface area contributed by atoms with Crippen LogP contribution in [0.25, 0.3) is 22.8 Å². The molecular weight excluding hydrogens is 432 g/mol. The Bertz CT molecular complexity index is 1180. The number of nitrogens with zero attached hydrogens (tertiary/aromatic N) is 3. The van der Waals surface area contributed by atoms with Gasteiger partial charge in [-0.2, -0.15) is 5.10 Å². The van der Waals surface area contributed by atoms with Gasteiger partial charge in [0.1, 0.15) is 0 Å². The van der Waals surface area contributed by atoms with Gasteiger partial charge in [0.15, 0.2) is 5.82 Å². The molecule has 5 rings (SSSR count). The van der Waals surface area contributed by atoms with Gasteiger partial charge in [0.05, 0.1) is 6.20 Å². The van der Waals surface area contributed by atoms with Gasteiger partial charge in [0.2, 0.25) is 17.5 Å². The van der Waals surface area contributed by atoms with Crippen molar-refractivity contribution in [3.63, 3.8) is 0 Å². The highest BCUT2D eigenvalue weighted by Gasteiger charge is 2.32. The van der Waals surface area contributed by atoms with Crippen molar-refractivity contribution in [2.75, 3.05) is 0 Å². The Balaban J connectivity index is 1.27. The van der Waals surface area contributed by atoms with Crippen LogP contribution < -0.4 is 10.6 Å². The van der Waals surface area contributed by atoms with Gasteiger partial charge in [0, 0.05) is 23.2 Å². The third-order valence-corrected chi connectivity index (χ3v) is 6.59. The second-order valence-corrected chi connectivity index (χ2v) is 9.42. The summed E-state index contributed by atoms with van der Waals surface area (Å²) in [7, 11) is 0. The van der Waals surface area contributed by atoms with Gasteiger partial charge in [0.25, 0.3) is 11.8 Å². The van der Waals surface area contributed by atoms with E-state index in [4.69, 9.17) is 4.42 Å². The van der Waals surface area contributed by atoms with Gasteiger partial charge < -0.3 is 15.1 Å². The molecule has 0 spiro atoms. The number of rotatable bonds is 10. The summed E-state index contributed by atoms with van der Waals surface area (Å²) in [4.78, 5) is 33.8. The maximum Gasteiger partial charge on any atom is 0.288 e. The lowest BCUT2D eigenvalue weighted by molar-refractivity contribution is 0.0900. The van der Waals surface area contributed by atoms with Crippen molar-refractivity contribution in [1.29, 1.82) is 0 Å². The highest BCUT2D eigenvalue weighted by atomic mass is 16.4. The molecule has 34 heavy (non-hydrogen) atoms. The highest BCUT2D eigenvalue weighted by molar-refractivity contribution is 5.92. The molecule has 2 atom stereocenters. The smallest absolute Gasteiger partial charge is 0.288 e. The zero-order chi connectivity index (χ0) is 23.7. The Hall–Kier alpha value is -3.49. The van der Waals surface area contributed by atoms with Crippen LogP contribution in [0.4, 0.5) is 0 Å². The van der Waals surface area contributed by atoms with Crippen molar-refractivity contribution in [2.45, 2.75) is 64.5 Å². The fraction of sp³-hybridized carbons (Fsp3) is 0.480. The molecule has 2 fully saturated rings. The first-order valence-corrected chi connectivity index (χ1v) is 12.1. The van der Waals surface area contributed by atoms with E-state index in [0.29, 0.717) is 34.7 Å². The first-order valence-electron chi connectivity index (χ1n) is 12.1. The van der Waals surface area contributed by atoms with Crippen LogP contribution in [0.2, 0.25) is 0 Å². The van der Waals surface area contributed by atoms with E-state index in [2.05, 4.69) is 37.7 Å². The maximum atomic E-state index is 12.7. The molecular formula is C25H30N6O3. The number of carbonyl (C=O) groups excluding carboxylic acids is 2. The number of hydrogen-bond acceptors (Lipinski definition) is 6. The molecule has 2 heterocycles. The van der Waals surface area contributed by atoms with Crippen LogP contribution in [0.1, 0.15) is 73.5 Å². The Kier molecular flexibility index (Phi) is 6.17. The standard InChI is InChI=1S/C25H30N6O3/c1-3-5-19(16-10-11-16)28-23(32)20-13-26-25(34-20)18-7-4-6-17(12-18)21-29-22(31-30-21)24(33)27-14(2)15-8-9-15/h4,6-7,12-16,19H,3,5,8-11H2,1-2H3,(H,27,33)(H,28,32)(H,29,30,31). The van der Waals surface area contributed by atoms with Crippen LogP contribution in [0.5, 0.6) is 0 Å². The van der Waals surface area contributed by atoms with E-state index in [-0.39, 0.29) is 35.5 Å². The van der Waals surface area contributed by atoms with Crippen LogP contribution in [0.3, 0.4) is 0 Å². The number of nitrogens with one attached hydrogen (secondary N) is 3. The van der Waals surface area contributed by atoms with Crippen molar-refractivity contribution in [3.8, 4) is 22.8 Å². The van der Waals surface area contributed by atoms with Crippen molar-refractivity contribution in [3.05, 3.63) is 42.0 Å². The zero-order valence-corrected chi connectivity index (χ0v) is 19.5. The number of oxazole rings is 1. The minimum absolute atomic E-state index is 0.127. The van der Waals surface area contributed by atoms with E-state index in [1.165, 1.54) is 19.0 Å². The fourth-order valence-electron chi connectivity index (χ4n) is 4.26. The molecule has 3 N–H and O–H groups in total. The molecule has 2 aliphatic carbocycles. The molecule has 2 saturated carbocycles. The lowest BCUT2D eigenvalue weighted by Gasteiger charge is -2.16. The largest absolute Gasteiger partial charge is 0.431 e. The molecule has 2 aliphatic rings. The Morgan fingerprint density at radius 2 is 1.88 bits per heavy atom. The van der Waals surface area contributed by atoms with Gasteiger partial charge in [-0.3, -0.25) is 14.7 Å². The van der Waals surface area contributed by atoms with Crippen molar-refractivity contribution >= 4 is 11.8 Å². The van der Waals surface area contributed by atoms with E-state index in [1.807, 2.05) is 31.2 Å². The molecule has 9 heteroatoms. The van der Waals surface area contributed by atoms with Crippen LogP contribution in [-0.2, 0) is 0 Å². The Morgan fingerprint density at radius 1 is 1.12 bits per heavy atom. The molecule has 0 bridgehead atoms. The van der Waals surface area contributed by atoms with Crippen LogP contribution in [0, 0.1) is 11.8 Å². The molecule has 9 nitrogen and oxygen atoms in total. The second kappa shape index (κ2) is 9.40. The third-order valence-electron chi connectivity index (χ3n) is 6.59. The summed E-state index contributed by atoms with van der Waals surface area (Å²) in [6.45, 7) is 4.14. The average Bonchev–Trinajstić information content (AvgIpc) is 3.76. The molecule has 0 radical (unpaired) electrons. The predicted molar refractivity (Wildman–Crippen MR) is 126 cm³/mol. The van der Waals surface area contributed by atoms with Gasteiger partial charge in [-0.25, -0.2) is 9.97 Å². The van der Waals surface area contributed by atoms with Crippen LogP contribution in [-0.4, -0.2) is 44.1 Å². The van der Waals surface area contributed by atoms with Crippen LogP contribution in [0.15, 0.2) is 34.9 Å². The van der Waals surface area contributed by atoms with Crippen molar-refractivity contribution in [2.24, 2.45) is 11.8 Å². The molecule has 0 saturated heterocycles. The quantitative estimate of drug-likeness (QED) is 0.419. The number of aromatic amines is 1. The maximum absolute atomic E-state index is 12.7. The molecule has 3 aromatic rings. The molecule has 0 aliphatic heterocycles. The summed E-state index contributed by atoms with van der Waals surface area (Å²) in [6, 6.07) is 7.68. The highest BCUT2D eigenvalue weighted by Crippen LogP contribution is 2.35. The van der Waals surface area contributed by atoms with E-state index < -0.39 is 0 Å². The monoisotopic (exact) mass is 462 g/mol. The summed E-state index contributed by atoms with van der Waals surface area (Å²) < 4.78 is 5.78. The zero-order valence-electron chi connectivity index (χ0n) is 19.5. The van der Waals surface area contributed by atoms with E-state index in [0.717, 1.165) is 25.7 Å². The Labute approximate surface area is 198 Å². The summed E-state index contributed by atoms with van der Waals surface area (Å²) >= 11 is 0.